The van der Waals surface area contributed by atoms with Gasteiger partial charge in [0, 0.05) is 6.04 Å². The monoisotopic (exact) mass is 267 g/mol. The summed E-state index contributed by atoms with van der Waals surface area (Å²) in [6.45, 7) is 7.38. The highest BCUT2D eigenvalue weighted by molar-refractivity contribution is 4.89. The van der Waals surface area contributed by atoms with Gasteiger partial charge in [0.2, 0.25) is 0 Å². The first-order valence-electron chi connectivity index (χ1n) is 6.49. The molecule has 1 aliphatic carbocycles. The maximum Gasteiger partial charge on any atom is 0.414 e. The van der Waals surface area contributed by atoms with E-state index in [9.17, 15) is 13.2 Å². The van der Waals surface area contributed by atoms with Crippen molar-refractivity contribution in [2.75, 3.05) is 0 Å². The molecule has 108 valence electrons. The van der Waals surface area contributed by atoms with Crippen molar-refractivity contribution in [2.45, 2.75) is 71.4 Å². The van der Waals surface area contributed by atoms with Crippen LogP contribution in [0.25, 0.3) is 0 Å². The van der Waals surface area contributed by atoms with Crippen LogP contribution in [0.15, 0.2) is 0 Å². The van der Waals surface area contributed by atoms with Crippen LogP contribution in [0.3, 0.4) is 0 Å². The Kier molecular flexibility index (Phi) is 4.70. The van der Waals surface area contributed by atoms with E-state index in [4.69, 9.17) is 10.5 Å². The third-order valence-electron chi connectivity index (χ3n) is 3.91. The number of hydrogen-bond acceptors (Lipinski definition) is 2. The van der Waals surface area contributed by atoms with E-state index >= 15 is 0 Å². The second-order valence-electron chi connectivity index (χ2n) is 6.40. The smallest absolute Gasteiger partial charge is 0.364 e. The minimum Gasteiger partial charge on any atom is -0.364 e. The van der Waals surface area contributed by atoms with Crippen molar-refractivity contribution in [3.8, 4) is 0 Å². The second-order valence-corrected chi connectivity index (χ2v) is 6.40. The van der Waals surface area contributed by atoms with Crippen LogP contribution in [0.5, 0.6) is 0 Å². The van der Waals surface area contributed by atoms with Crippen LogP contribution >= 0.6 is 0 Å². The largest absolute Gasteiger partial charge is 0.414 e. The van der Waals surface area contributed by atoms with Gasteiger partial charge in [-0.05, 0) is 37.5 Å². The number of rotatable bonds is 2. The Morgan fingerprint density at radius 1 is 1.17 bits per heavy atom. The first kappa shape index (κ1) is 15.8. The zero-order valence-corrected chi connectivity index (χ0v) is 11.6. The van der Waals surface area contributed by atoms with Gasteiger partial charge in [0.15, 0.2) is 6.10 Å². The molecule has 0 aliphatic heterocycles. The predicted octanol–water partition coefficient (Wildman–Crippen LogP) is 3.50. The van der Waals surface area contributed by atoms with Gasteiger partial charge < -0.3 is 10.5 Å². The minimum atomic E-state index is -4.31. The van der Waals surface area contributed by atoms with E-state index in [1.807, 2.05) is 0 Å². The number of nitrogens with two attached hydrogens (primary N) is 1. The van der Waals surface area contributed by atoms with Gasteiger partial charge in [0.25, 0.3) is 0 Å². The van der Waals surface area contributed by atoms with Gasteiger partial charge in [-0.1, -0.05) is 20.8 Å². The van der Waals surface area contributed by atoms with Crippen molar-refractivity contribution >= 4 is 0 Å². The molecule has 0 radical (unpaired) electrons. The van der Waals surface area contributed by atoms with E-state index in [1.165, 1.54) is 0 Å². The van der Waals surface area contributed by atoms with E-state index in [2.05, 4.69) is 20.8 Å². The van der Waals surface area contributed by atoms with Gasteiger partial charge in [-0.2, -0.15) is 13.2 Å². The molecule has 2 nitrogen and oxygen atoms in total. The maximum absolute atomic E-state index is 12.5. The molecule has 0 saturated heterocycles. The summed E-state index contributed by atoms with van der Waals surface area (Å²) in [5, 5.41) is 0. The molecule has 0 amide bonds. The standard InChI is InChI=1S/C13H24F3NO/c1-8(13(14,15)16)18-11-7-9(12(2,3)4)5-6-10(11)17/h8-11H,5-7,17H2,1-4H3. The summed E-state index contributed by atoms with van der Waals surface area (Å²) in [5.41, 5.74) is 5.97. The summed E-state index contributed by atoms with van der Waals surface area (Å²) in [5.74, 6) is 0.364. The average Bonchev–Trinajstić information content (AvgIpc) is 2.18. The summed E-state index contributed by atoms with van der Waals surface area (Å²) in [4.78, 5) is 0. The number of alkyl halides is 3. The van der Waals surface area contributed by atoms with Crippen molar-refractivity contribution < 1.29 is 17.9 Å². The first-order chi connectivity index (χ1) is 8.01. The average molecular weight is 267 g/mol. The molecular weight excluding hydrogens is 243 g/mol. The molecule has 0 aromatic heterocycles. The Labute approximate surface area is 107 Å². The third kappa shape index (κ3) is 4.12. The topological polar surface area (TPSA) is 35.2 Å². The molecule has 18 heavy (non-hydrogen) atoms. The molecule has 1 saturated carbocycles. The van der Waals surface area contributed by atoms with Gasteiger partial charge in [0.05, 0.1) is 6.10 Å². The van der Waals surface area contributed by atoms with Crippen molar-refractivity contribution in [1.82, 2.24) is 0 Å². The van der Waals surface area contributed by atoms with Crippen LogP contribution < -0.4 is 5.73 Å². The van der Waals surface area contributed by atoms with Crippen molar-refractivity contribution in [3.05, 3.63) is 0 Å². The van der Waals surface area contributed by atoms with E-state index in [-0.39, 0.29) is 11.5 Å². The molecule has 0 aromatic rings. The maximum atomic E-state index is 12.5. The Morgan fingerprint density at radius 3 is 2.17 bits per heavy atom. The van der Waals surface area contributed by atoms with Gasteiger partial charge in [-0.3, -0.25) is 0 Å². The highest BCUT2D eigenvalue weighted by Crippen LogP contribution is 2.39. The molecular formula is C13H24F3NO. The molecule has 1 fully saturated rings. The molecule has 0 heterocycles. The Bertz CT molecular complexity index is 270. The molecule has 1 aliphatic rings. The highest BCUT2D eigenvalue weighted by atomic mass is 19.4. The second kappa shape index (κ2) is 5.37. The van der Waals surface area contributed by atoms with Crippen LogP contribution in [0.4, 0.5) is 13.2 Å². The lowest BCUT2D eigenvalue weighted by molar-refractivity contribution is -0.233. The quantitative estimate of drug-likeness (QED) is 0.831. The normalized spacial score (nSPS) is 32.3. The molecule has 0 aromatic carbocycles. The van der Waals surface area contributed by atoms with E-state index < -0.39 is 18.4 Å². The van der Waals surface area contributed by atoms with Crippen molar-refractivity contribution in [1.29, 1.82) is 0 Å². The summed E-state index contributed by atoms with van der Waals surface area (Å²) in [6.07, 6.45) is -4.23. The minimum absolute atomic E-state index is 0.0865. The van der Waals surface area contributed by atoms with Crippen molar-refractivity contribution in [2.24, 2.45) is 17.1 Å². The summed E-state index contributed by atoms with van der Waals surface area (Å²) < 4.78 is 42.6. The molecule has 2 N–H and O–H groups in total. The lowest BCUT2D eigenvalue weighted by Crippen LogP contribution is -2.47. The van der Waals surface area contributed by atoms with Gasteiger partial charge in [-0.25, -0.2) is 0 Å². The lowest BCUT2D eigenvalue weighted by Gasteiger charge is -2.41. The molecule has 1 rings (SSSR count). The SMILES string of the molecule is CC(OC1CC(C(C)(C)C)CCC1N)C(F)(F)F. The molecule has 5 heteroatoms. The summed E-state index contributed by atoms with van der Waals surface area (Å²) in [6, 6.07) is -0.284. The summed E-state index contributed by atoms with van der Waals surface area (Å²) >= 11 is 0. The zero-order valence-electron chi connectivity index (χ0n) is 11.6. The van der Waals surface area contributed by atoms with Crippen LogP contribution in [0.1, 0.15) is 47.0 Å². The lowest BCUT2D eigenvalue weighted by atomic mass is 9.70. The molecule has 0 spiro atoms. The van der Waals surface area contributed by atoms with Crippen LogP contribution in [-0.4, -0.2) is 24.4 Å². The fraction of sp³-hybridized carbons (Fsp3) is 1.00. The number of ether oxygens (including phenoxy) is 1. The van der Waals surface area contributed by atoms with Crippen molar-refractivity contribution in [3.63, 3.8) is 0 Å². The molecule has 4 unspecified atom stereocenters. The number of halogens is 3. The van der Waals surface area contributed by atoms with Crippen LogP contribution in [-0.2, 0) is 4.74 Å². The fourth-order valence-corrected chi connectivity index (χ4v) is 2.43. The van der Waals surface area contributed by atoms with Gasteiger partial charge in [-0.15, -0.1) is 0 Å². The van der Waals surface area contributed by atoms with Gasteiger partial charge >= 0.3 is 6.18 Å². The Morgan fingerprint density at radius 2 is 1.72 bits per heavy atom. The summed E-state index contributed by atoms with van der Waals surface area (Å²) in [7, 11) is 0. The van der Waals surface area contributed by atoms with E-state index in [1.54, 1.807) is 0 Å². The third-order valence-corrected chi connectivity index (χ3v) is 3.91. The van der Waals surface area contributed by atoms with E-state index in [0.29, 0.717) is 12.3 Å². The van der Waals surface area contributed by atoms with Gasteiger partial charge in [0.1, 0.15) is 0 Å². The first-order valence-corrected chi connectivity index (χ1v) is 6.49. The molecule has 0 bridgehead atoms. The number of hydrogen-bond donors (Lipinski definition) is 1. The predicted molar refractivity (Wildman–Crippen MR) is 65.2 cm³/mol. The highest BCUT2D eigenvalue weighted by Gasteiger charge is 2.42. The van der Waals surface area contributed by atoms with E-state index in [0.717, 1.165) is 19.8 Å². The fourth-order valence-electron chi connectivity index (χ4n) is 2.43. The van der Waals surface area contributed by atoms with Crippen LogP contribution in [0, 0.1) is 11.3 Å². The zero-order chi connectivity index (χ0) is 14.1. The Balaban J connectivity index is 2.63. The Hall–Kier alpha value is -0.290. The van der Waals surface area contributed by atoms with Crippen LogP contribution in [0.2, 0.25) is 0 Å². The molecule has 4 atom stereocenters.